The van der Waals surface area contributed by atoms with Gasteiger partial charge in [0.2, 0.25) is 0 Å². The molecule has 0 unspecified atom stereocenters. The fourth-order valence-corrected chi connectivity index (χ4v) is 3.07. The van der Waals surface area contributed by atoms with Gasteiger partial charge in [-0.2, -0.15) is 0 Å². The monoisotopic (exact) mass is 229 g/mol. The van der Waals surface area contributed by atoms with E-state index in [1.54, 1.807) is 0 Å². The molecule has 3 nitrogen and oxygen atoms in total. The molecule has 0 saturated heterocycles. The third-order valence-corrected chi connectivity index (χ3v) is 4.21. The number of nitrogens with one attached hydrogen (secondary N) is 1. The van der Waals surface area contributed by atoms with Gasteiger partial charge in [-0.05, 0) is 37.8 Å². The van der Waals surface area contributed by atoms with E-state index in [9.17, 15) is 0 Å². The first kappa shape index (κ1) is 10.8. The van der Waals surface area contributed by atoms with Gasteiger partial charge in [0.25, 0.3) is 0 Å². The van der Waals surface area contributed by atoms with E-state index in [0.717, 1.165) is 17.0 Å². The molecule has 1 aliphatic rings. The van der Waals surface area contributed by atoms with E-state index in [4.69, 9.17) is 4.98 Å². The molecule has 3 heteroatoms. The first-order valence-corrected chi connectivity index (χ1v) is 6.56. The van der Waals surface area contributed by atoms with Crippen LogP contribution < -0.4 is 0 Å². The first-order chi connectivity index (χ1) is 8.23. The minimum atomic E-state index is 0.286. The van der Waals surface area contributed by atoms with Gasteiger partial charge < -0.3 is 4.98 Å². The van der Waals surface area contributed by atoms with Crippen LogP contribution in [0.25, 0.3) is 11.2 Å². The molecule has 3 rings (SSSR count). The summed E-state index contributed by atoms with van der Waals surface area (Å²) in [5, 5.41) is 0. The predicted octanol–water partition coefficient (Wildman–Crippen LogP) is 3.49. The summed E-state index contributed by atoms with van der Waals surface area (Å²) in [6, 6.07) is 2.14. The number of pyridine rings is 1. The lowest BCUT2D eigenvalue weighted by atomic mass is 9.83. The molecule has 0 radical (unpaired) electrons. The molecule has 0 bridgehead atoms. The van der Waals surface area contributed by atoms with Gasteiger partial charge >= 0.3 is 0 Å². The van der Waals surface area contributed by atoms with Crippen LogP contribution in [0.4, 0.5) is 0 Å². The molecule has 1 N–H and O–H groups in total. The molecular weight excluding hydrogens is 210 g/mol. The summed E-state index contributed by atoms with van der Waals surface area (Å²) in [6.45, 7) is 4.34. The fraction of sp³-hybridized carbons (Fsp3) is 0.571. The van der Waals surface area contributed by atoms with Crippen molar-refractivity contribution in [1.29, 1.82) is 0 Å². The van der Waals surface area contributed by atoms with Crippen LogP contribution in [0.15, 0.2) is 12.3 Å². The molecule has 0 amide bonds. The number of H-pyrrole nitrogens is 1. The molecular formula is C14H19N3. The maximum Gasteiger partial charge on any atom is 0.177 e. The maximum absolute atomic E-state index is 4.71. The van der Waals surface area contributed by atoms with Gasteiger partial charge in [0.15, 0.2) is 5.65 Å². The summed E-state index contributed by atoms with van der Waals surface area (Å²) >= 11 is 0. The fourth-order valence-electron chi connectivity index (χ4n) is 3.07. The number of aryl methyl sites for hydroxylation is 1. The Morgan fingerprint density at radius 2 is 2.12 bits per heavy atom. The minimum absolute atomic E-state index is 0.286. The summed E-state index contributed by atoms with van der Waals surface area (Å²) in [6.07, 6.45) is 8.26. The van der Waals surface area contributed by atoms with Gasteiger partial charge in [0.05, 0.1) is 5.52 Å². The minimum Gasteiger partial charge on any atom is -0.340 e. The van der Waals surface area contributed by atoms with E-state index >= 15 is 0 Å². The van der Waals surface area contributed by atoms with Crippen molar-refractivity contribution in [3.63, 3.8) is 0 Å². The van der Waals surface area contributed by atoms with Crippen molar-refractivity contribution in [3.05, 3.63) is 23.7 Å². The zero-order valence-corrected chi connectivity index (χ0v) is 10.6. The second-order valence-electron chi connectivity index (χ2n) is 5.31. The molecule has 1 aliphatic carbocycles. The van der Waals surface area contributed by atoms with Crippen molar-refractivity contribution in [3.8, 4) is 0 Å². The van der Waals surface area contributed by atoms with Gasteiger partial charge in [-0.25, -0.2) is 9.97 Å². The van der Waals surface area contributed by atoms with E-state index in [1.165, 1.54) is 37.7 Å². The lowest BCUT2D eigenvalue weighted by Gasteiger charge is -2.24. The zero-order valence-electron chi connectivity index (χ0n) is 10.6. The molecule has 0 atom stereocenters. The third kappa shape index (κ3) is 1.65. The summed E-state index contributed by atoms with van der Waals surface area (Å²) in [4.78, 5) is 12.6. The number of nitrogens with zero attached hydrogens (tertiary/aromatic N) is 2. The SMILES string of the molecule is CCC1(c2nc3ncc(C)cc3[nH]2)CCCC1. The van der Waals surface area contributed by atoms with E-state index in [1.807, 2.05) is 6.20 Å². The molecule has 1 fully saturated rings. The standard InChI is InChI=1S/C14H19N3/c1-3-14(6-4-5-7-14)13-16-11-8-10(2)9-15-12(11)17-13/h8-9H,3-7H2,1-2H3,(H,15,16,17). The summed E-state index contributed by atoms with van der Waals surface area (Å²) in [7, 11) is 0. The predicted molar refractivity (Wildman–Crippen MR) is 69.1 cm³/mol. The normalized spacial score (nSPS) is 18.9. The van der Waals surface area contributed by atoms with E-state index < -0.39 is 0 Å². The van der Waals surface area contributed by atoms with Crippen LogP contribution in [-0.2, 0) is 5.41 Å². The number of imidazole rings is 1. The number of rotatable bonds is 2. The molecule has 0 spiro atoms. The summed E-state index contributed by atoms with van der Waals surface area (Å²) in [5.41, 5.74) is 3.42. The van der Waals surface area contributed by atoms with Gasteiger partial charge in [-0.15, -0.1) is 0 Å². The highest BCUT2D eigenvalue weighted by molar-refractivity contribution is 5.71. The van der Waals surface area contributed by atoms with Crippen molar-refractivity contribution in [2.75, 3.05) is 0 Å². The van der Waals surface area contributed by atoms with Crippen LogP contribution in [-0.4, -0.2) is 15.0 Å². The van der Waals surface area contributed by atoms with Gasteiger partial charge in [0.1, 0.15) is 5.82 Å². The smallest absolute Gasteiger partial charge is 0.177 e. The Morgan fingerprint density at radius 3 is 2.82 bits per heavy atom. The average Bonchev–Trinajstić information content (AvgIpc) is 2.94. The highest BCUT2D eigenvalue weighted by atomic mass is 15.0. The molecule has 1 saturated carbocycles. The first-order valence-electron chi connectivity index (χ1n) is 6.56. The topological polar surface area (TPSA) is 41.6 Å². The van der Waals surface area contributed by atoms with Crippen molar-refractivity contribution in [1.82, 2.24) is 15.0 Å². The number of aromatic amines is 1. The Morgan fingerprint density at radius 1 is 1.35 bits per heavy atom. The second kappa shape index (κ2) is 3.83. The average molecular weight is 229 g/mol. The van der Waals surface area contributed by atoms with Crippen LogP contribution in [0.3, 0.4) is 0 Å². The number of aromatic nitrogens is 3. The Hall–Kier alpha value is -1.38. The van der Waals surface area contributed by atoms with Crippen molar-refractivity contribution < 1.29 is 0 Å². The lowest BCUT2D eigenvalue weighted by molar-refractivity contribution is 0.403. The molecule has 0 aliphatic heterocycles. The lowest BCUT2D eigenvalue weighted by Crippen LogP contribution is -2.22. The van der Waals surface area contributed by atoms with Crippen LogP contribution in [0, 0.1) is 6.92 Å². The van der Waals surface area contributed by atoms with Crippen LogP contribution in [0.1, 0.15) is 50.4 Å². The summed E-state index contributed by atoms with van der Waals surface area (Å²) in [5.74, 6) is 1.16. The summed E-state index contributed by atoms with van der Waals surface area (Å²) < 4.78 is 0. The number of hydrogen-bond donors (Lipinski definition) is 1. The number of hydrogen-bond acceptors (Lipinski definition) is 2. The molecule has 2 aromatic heterocycles. The largest absolute Gasteiger partial charge is 0.340 e. The van der Waals surface area contributed by atoms with Crippen molar-refractivity contribution >= 4 is 11.2 Å². The van der Waals surface area contributed by atoms with Gasteiger partial charge in [-0.3, -0.25) is 0 Å². The molecule has 17 heavy (non-hydrogen) atoms. The van der Waals surface area contributed by atoms with Gasteiger partial charge in [-0.1, -0.05) is 19.8 Å². The molecule has 90 valence electrons. The highest BCUT2D eigenvalue weighted by Crippen LogP contribution is 2.42. The van der Waals surface area contributed by atoms with Crippen LogP contribution in [0.2, 0.25) is 0 Å². The maximum atomic E-state index is 4.71. The Labute approximate surface area is 102 Å². The molecule has 2 aromatic rings. The van der Waals surface area contributed by atoms with Crippen LogP contribution in [0.5, 0.6) is 0 Å². The van der Waals surface area contributed by atoms with E-state index in [2.05, 4.69) is 29.9 Å². The Kier molecular flexibility index (Phi) is 2.42. The molecule has 2 heterocycles. The van der Waals surface area contributed by atoms with Gasteiger partial charge in [0, 0.05) is 11.6 Å². The Balaban J connectivity index is 2.11. The van der Waals surface area contributed by atoms with E-state index in [-0.39, 0.29) is 5.41 Å². The zero-order chi connectivity index (χ0) is 11.9. The Bertz CT molecular complexity index is 535. The van der Waals surface area contributed by atoms with Crippen LogP contribution >= 0.6 is 0 Å². The van der Waals surface area contributed by atoms with Crippen molar-refractivity contribution in [2.24, 2.45) is 0 Å². The highest BCUT2D eigenvalue weighted by Gasteiger charge is 2.36. The van der Waals surface area contributed by atoms with Crippen molar-refractivity contribution in [2.45, 2.75) is 51.4 Å². The number of fused-ring (bicyclic) bond motifs is 1. The molecule has 0 aromatic carbocycles. The quantitative estimate of drug-likeness (QED) is 0.856. The van der Waals surface area contributed by atoms with E-state index in [0.29, 0.717) is 0 Å². The third-order valence-electron chi connectivity index (χ3n) is 4.21. The second-order valence-corrected chi connectivity index (χ2v) is 5.31.